The Morgan fingerprint density at radius 2 is 2.00 bits per heavy atom. The van der Waals surface area contributed by atoms with Crippen LogP contribution in [0.15, 0.2) is 30.3 Å². The van der Waals surface area contributed by atoms with Crippen LogP contribution in [0.1, 0.15) is 43.3 Å². The molecule has 0 N–H and O–H groups in total. The summed E-state index contributed by atoms with van der Waals surface area (Å²) in [6, 6.07) is 7.78. The third-order valence-corrected chi connectivity index (χ3v) is 4.76. The zero-order valence-electron chi connectivity index (χ0n) is 16.3. The summed E-state index contributed by atoms with van der Waals surface area (Å²) < 4.78 is 1.94. The van der Waals surface area contributed by atoms with Gasteiger partial charge in [-0.25, -0.2) is 0 Å². The van der Waals surface area contributed by atoms with Crippen LogP contribution in [0.25, 0.3) is 6.08 Å². The van der Waals surface area contributed by atoms with E-state index < -0.39 is 0 Å². The Bertz CT molecular complexity index is 793. The number of amides is 1. The molecule has 0 atom stereocenters. The van der Waals surface area contributed by atoms with Crippen LogP contribution >= 0.6 is 11.6 Å². The fourth-order valence-corrected chi connectivity index (χ4v) is 3.17. The molecule has 0 spiro atoms. The van der Waals surface area contributed by atoms with E-state index in [0.717, 1.165) is 34.1 Å². The van der Waals surface area contributed by atoms with Crippen molar-refractivity contribution in [1.29, 1.82) is 0 Å². The molecule has 1 amide bonds. The van der Waals surface area contributed by atoms with Crippen LogP contribution in [0.3, 0.4) is 0 Å². The van der Waals surface area contributed by atoms with Crippen molar-refractivity contribution in [1.82, 2.24) is 14.7 Å². The molecule has 0 radical (unpaired) electrons. The minimum Gasteiger partial charge on any atom is -0.339 e. The molecule has 0 aliphatic carbocycles. The number of hydrogen-bond donors (Lipinski definition) is 0. The Balaban J connectivity index is 2.19. The lowest BCUT2D eigenvalue weighted by Crippen LogP contribution is -2.32. The minimum absolute atomic E-state index is 0.0406. The molecular weight excluding hydrogens is 346 g/mol. The van der Waals surface area contributed by atoms with Gasteiger partial charge in [-0.15, -0.1) is 0 Å². The molecule has 2 rings (SSSR count). The van der Waals surface area contributed by atoms with Gasteiger partial charge in [0, 0.05) is 35.4 Å². The molecule has 0 aliphatic heterocycles. The van der Waals surface area contributed by atoms with Crippen molar-refractivity contribution in [3.05, 3.63) is 57.9 Å². The summed E-state index contributed by atoms with van der Waals surface area (Å²) in [5.74, 6) is 0.494. The largest absolute Gasteiger partial charge is 0.339 e. The Hall–Kier alpha value is -2.07. The van der Waals surface area contributed by atoms with Crippen molar-refractivity contribution in [2.75, 3.05) is 13.1 Å². The molecule has 1 aromatic heterocycles. The van der Waals surface area contributed by atoms with Crippen LogP contribution in [0, 0.1) is 19.8 Å². The monoisotopic (exact) mass is 373 g/mol. The van der Waals surface area contributed by atoms with E-state index in [0.29, 0.717) is 19.0 Å². The zero-order valence-corrected chi connectivity index (χ0v) is 17.0. The van der Waals surface area contributed by atoms with Crippen molar-refractivity contribution < 1.29 is 4.79 Å². The van der Waals surface area contributed by atoms with E-state index in [1.54, 1.807) is 6.08 Å². The molecule has 0 saturated carbocycles. The molecule has 140 valence electrons. The molecule has 0 bridgehead atoms. The van der Waals surface area contributed by atoms with Gasteiger partial charge in [-0.2, -0.15) is 5.10 Å². The summed E-state index contributed by atoms with van der Waals surface area (Å²) >= 11 is 6.26. The van der Waals surface area contributed by atoms with E-state index in [2.05, 4.69) is 18.9 Å². The second-order valence-corrected chi connectivity index (χ2v) is 7.34. The average Bonchev–Trinajstić information content (AvgIpc) is 2.86. The molecule has 26 heavy (non-hydrogen) atoms. The summed E-state index contributed by atoms with van der Waals surface area (Å²) in [7, 11) is 0. The predicted molar refractivity (Wildman–Crippen MR) is 108 cm³/mol. The topological polar surface area (TPSA) is 38.1 Å². The van der Waals surface area contributed by atoms with Crippen LogP contribution in [-0.4, -0.2) is 33.7 Å². The molecule has 0 aliphatic rings. The van der Waals surface area contributed by atoms with Gasteiger partial charge in [0.05, 0.1) is 12.2 Å². The van der Waals surface area contributed by atoms with E-state index >= 15 is 0 Å². The number of rotatable bonds is 7. The third-order valence-electron chi connectivity index (χ3n) is 4.39. The molecule has 0 unspecified atom stereocenters. The van der Waals surface area contributed by atoms with Crippen LogP contribution in [0.2, 0.25) is 5.02 Å². The number of halogens is 1. The van der Waals surface area contributed by atoms with Gasteiger partial charge in [0.15, 0.2) is 0 Å². The highest BCUT2D eigenvalue weighted by Crippen LogP contribution is 2.20. The van der Waals surface area contributed by atoms with Crippen molar-refractivity contribution in [2.45, 2.75) is 41.2 Å². The predicted octanol–water partition coefficient (Wildman–Crippen LogP) is 4.72. The number of likely N-dealkylation sites (N-methyl/N-ethyl adjacent to an activating group) is 1. The first kappa shape index (κ1) is 20.2. The maximum absolute atomic E-state index is 12.4. The lowest BCUT2D eigenvalue weighted by atomic mass is 10.1. The second kappa shape index (κ2) is 9.04. The van der Waals surface area contributed by atoms with E-state index in [1.165, 1.54) is 0 Å². The standard InChI is InChI=1S/C21H28ClN3O/c1-6-24(13-15(2)3)21(26)12-11-19-16(4)23-25(17(19)5)14-18-9-7-8-10-20(18)22/h7-12,15H,6,13-14H2,1-5H3. The van der Waals surface area contributed by atoms with E-state index in [1.807, 2.05) is 60.7 Å². The summed E-state index contributed by atoms with van der Waals surface area (Å²) in [6.07, 6.45) is 3.54. The number of aromatic nitrogens is 2. The molecule has 1 aromatic carbocycles. The summed E-state index contributed by atoms with van der Waals surface area (Å²) in [4.78, 5) is 14.3. The zero-order chi connectivity index (χ0) is 19.3. The molecular formula is C21H28ClN3O. The second-order valence-electron chi connectivity index (χ2n) is 6.94. The van der Waals surface area contributed by atoms with Crippen LogP contribution in [0.4, 0.5) is 0 Å². The molecule has 2 aromatic rings. The minimum atomic E-state index is 0.0406. The van der Waals surface area contributed by atoms with Gasteiger partial charge in [-0.05, 0) is 44.4 Å². The maximum atomic E-state index is 12.4. The summed E-state index contributed by atoms with van der Waals surface area (Å²) in [5, 5.41) is 5.36. The van der Waals surface area contributed by atoms with Gasteiger partial charge >= 0.3 is 0 Å². The fraction of sp³-hybridized carbons (Fsp3) is 0.429. The maximum Gasteiger partial charge on any atom is 0.246 e. The molecule has 1 heterocycles. The highest BCUT2D eigenvalue weighted by atomic mass is 35.5. The number of hydrogen-bond acceptors (Lipinski definition) is 2. The third kappa shape index (κ3) is 4.98. The van der Waals surface area contributed by atoms with Crippen LogP contribution in [-0.2, 0) is 11.3 Å². The first-order valence-electron chi connectivity index (χ1n) is 9.07. The van der Waals surface area contributed by atoms with Gasteiger partial charge in [0.25, 0.3) is 0 Å². The first-order chi connectivity index (χ1) is 12.3. The van der Waals surface area contributed by atoms with Crippen LogP contribution < -0.4 is 0 Å². The van der Waals surface area contributed by atoms with Gasteiger partial charge in [-0.1, -0.05) is 43.6 Å². The van der Waals surface area contributed by atoms with Gasteiger partial charge in [-0.3, -0.25) is 9.48 Å². The highest BCUT2D eigenvalue weighted by Gasteiger charge is 2.13. The Morgan fingerprint density at radius 1 is 1.31 bits per heavy atom. The number of nitrogens with zero attached hydrogens (tertiary/aromatic N) is 3. The van der Waals surface area contributed by atoms with Gasteiger partial charge in [0.1, 0.15) is 0 Å². The Kier molecular flexibility index (Phi) is 7.04. The fourth-order valence-electron chi connectivity index (χ4n) is 2.97. The number of carbonyl (C=O) groups excluding carboxylic acids is 1. The van der Waals surface area contributed by atoms with E-state index in [9.17, 15) is 4.79 Å². The van der Waals surface area contributed by atoms with Gasteiger partial charge in [0.2, 0.25) is 5.91 Å². The number of aryl methyl sites for hydroxylation is 1. The van der Waals surface area contributed by atoms with Crippen molar-refractivity contribution >= 4 is 23.6 Å². The Labute approximate surface area is 161 Å². The molecule has 0 fully saturated rings. The summed E-state index contributed by atoms with van der Waals surface area (Å²) in [6.45, 7) is 12.3. The quantitative estimate of drug-likeness (QED) is 0.658. The molecule has 4 nitrogen and oxygen atoms in total. The smallest absolute Gasteiger partial charge is 0.246 e. The van der Waals surface area contributed by atoms with Gasteiger partial charge < -0.3 is 4.90 Å². The molecule has 0 saturated heterocycles. The normalized spacial score (nSPS) is 11.5. The van der Waals surface area contributed by atoms with E-state index in [-0.39, 0.29) is 5.91 Å². The summed E-state index contributed by atoms with van der Waals surface area (Å²) in [5.41, 5.74) is 3.95. The number of benzene rings is 1. The average molecular weight is 374 g/mol. The highest BCUT2D eigenvalue weighted by molar-refractivity contribution is 6.31. The van der Waals surface area contributed by atoms with Crippen molar-refractivity contribution in [2.24, 2.45) is 5.92 Å². The SMILES string of the molecule is CCN(CC(C)C)C(=O)C=Cc1c(C)nn(Cc2ccccc2Cl)c1C. The Morgan fingerprint density at radius 3 is 2.62 bits per heavy atom. The van der Waals surface area contributed by atoms with Crippen molar-refractivity contribution in [3.8, 4) is 0 Å². The van der Waals surface area contributed by atoms with Crippen LogP contribution in [0.5, 0.6) is 0 Å². The lowest BCUT2D eigenvalue weighted by Gasteiger charge is -2.21. The first-order valence-corrected chi connectivity index (χ1v) is 9.45. The number of carbonyl (C=O) groups is 1. The van der Waals surface area contributed by atoms with E-state index in [4.69, 9.17) is 11.6 Å². The molecule has 5 heteroatoms. The van der Waals surface area contributed by atoms with Crippen molar-refractivity contribution in [3.63, 3.8) is 0 Å². The lowest BCUT2D eigenvalue weighted by molar-refractivity contribution is -0.126.